The van der Waals surface area contributed by atoms with Crippen LogP contribution in [0.25, 0.3) is 6.08 Å². The molecular weight excluding hydrogens is 239 g/mol. The minimum Gasteiger partial charge on any atom is -0.189 e. The van der Waals surface area contributed by atoms with Crippen molar-refractivity contribution < 1.29 is 12.3 Å². The molecule has 15 heavy (non-hydrogen) atoms. The van der Waals surface area contributed by atoms with Gasteiger partial charge in [-0.3, -0.25) is 0 Å². The second-order valence-electron chi connectivity index (χ2n) is 2.89. The predicted octanol–water partition coefficient (Wildman–Crippen LogP) is 2.99. The number of hydrogen-bond acceptors (Lipinski definition) is 2. The van der Waals surface area contributed by atoms with E-state index in [1.54, 1.807) is 6.08 Å². The van der Waals surface area contributed by atoms with E-state index >= 15 is 0 Å². The molecular formula is C10H10ClFO2S. The lowest BCUT2D eigenvalue weighted by Crippen LogP contribution is -1.90. The van der Waals surface area contributed by atoms with Crippen molar-refractivity contribution in [3.05, 3.63) is 35.9 Å². The van der Waals surface area contributed by atoms with E-state index in [1.165, 1.54) is 24.3 Å². The maximum absolute atomic E-state index is 12.5. The van der Waals surface area contributed by atoms with Crippen LogP contribution in [0.3, 0.4) is 0 Å². The van der Waals surface area contributed by atoms with E-state index in [1.807, 2.05) is 6.08 Å². The van der Waals surface area contributed by atoms with Crippen molar-refractivity contribution >= 4 is 27.9 Å². The third-order valence-corrected chi connectivity index (χ3v) is 2.80. The molecule has 0 unspecified atom stereocenters. The molecule has 0 aliphatic carbocycles. The van der Waals surface area contributed by atoms with Crippen molar-refractivity contribution in [2.24, 2.45) is 0 Å². The Morgan fingerprint density at radius 2 is 1.87 bits per heavy atom. The Kier molecular flexibility index (Phi) is 4.29. The Hall–Kier alpha value is -0.870. The van der Waals surface area contributed by atoms with E-state index in [9.17, 15) is 12.3 Å². The summed E-state index contributed by atoms with van der Waals surface area (Å²) in [6.07, 6.45) is 4.41. The molecule has 0 fully saturated rings. The van der Waals surface area contributed by atoms with Crippen LogP contribution in [0.2, 0.25) is 0 Å². The average molecular weight is 249 g/mol. The molecule has 2 nitrogen and oxygen atoms in total. The first-order chi connectivity index (χ1) is 7.04. The maximum atomic E-state index is 12.5. The van der Waals surface area contributed by atoms with Crippen LogP contribution in [0.15, 0.2) is 35.2 Å². The summed E-state index contributed by atoms with van der Waals surface area (Å²) in [7, 11) is -4.59. The van der Waals surface area contributed by atoms with Crippen LogP contribution in [0, 0.1) is 0 Å². The predicted molar refractivity (Wildman–Crippen MR) is 59.1 cm³/mol. The number of benzene rings is 1. The lowest BCUT2D eigenvalue weighted by molar-refractivity contribution is 0.552. The third-order valence-electron chi connectivity index (χ3n) is 1.75. The Labute approximate surface area is 93.6 Å². The fourth-order valence-electron chi connectivity index (χ4n) is 1.02. The second-order valence-corrected chi connectivity index (χ2v) is 4.61. The lowest BCUT2D eigenvalue weighted by Gasteiger charge is -1.95. The fraction of sp³-hybridized carbons (Fsp3) is 0.200. The van der Waals surface area contributed by atoms with E-state index in [2.05, 4.69) is 0 Å². The number of allylic oxidation sites excluding steroid dienone is 1. The highest BCUT2D eigenvalue weighted by atomic mass is 35.5. The van der Waals surface area contributed by atoms with Crippen molar-refractivity contribution in [3.63, 3.8) is 0 Å². The van der Waals surface area contributed by atoms with E-state index in [-0.39, 0.29) is 4.90 Å². The first-order valence-corrected chi connectivity index (χ1v) is 6.23. The topological polar surface area (TPSA) is 34.1 Å². The molecule has 5 heteroatoms. The fourth-order valence-corrected chi connectivity index (χ4v) is 1.61. The normalized spacial score (nSPS) is 12.1. The van der Waals surface area contributed by atoms with E-state index < -0.39 is 10.2 Å². The number of alkyl halides is 1. The van der Waals surface area contributed by atoms with Crippen molar-refractivity contribution in [1.82, 2.24) is 0 Å². The van der Waals surface area contributed by atoms with Gasteiger partial charge in [0.25, 0.3) is 0 Å². The van der Waals surface area contributed by atoms with Crippen molar-refractivity contribution in [3.8, 4) is 0 Å². The molecule has 0 spiro atoms. The number of halogens is 2. The van der Waals surface area contributed by atoms with Gasteiger partial charge in [-0.05, 0) is 24.1 Å². The summed E-state index contributed by atoms with van der Waals surface area (Å²) < 4.78 is 33.5. The van der Waals surface area contributed by atoms with Crippen molar-refractivity contribution in [2.75, 3.05) is 5.88 Å². The van der Waals surface area contributed by atoms with Gasteiger partial charge in [0.2, 0.25) is 0 Å². The largest absolute Gasteiger partial charge is 0.332 e. The molecule has 0 bridgehead atoms. The molecule has 0 aromatic heterocycles. The smallest absolute Gasteiger partial charge is 0.189 e. The second kappa shape index (κ2) is 5.28. The lowest BCUT2D eigenvalue weighted by atomic mass is 10.2. The van der Waals surface area contributed by atoms with Gasteiger partial charge in [0.1, 0.15) is 0 Å². The van der Waals surface area contributed by atoms with E-state index in [0.717, 1.165) is 12.0 Å². The summed E-state index contributed by atoms with van der Waals surface area (Å²) in [6, 6.07) is 5.54. The Morgan fingerprint density at radius 3 is 2.33 bits per heavy atom. The van der Waals surface area contributed by atoms with E-state index in [4.69, 9.17) is 11.6 Å². The Balaban J connectivity index is 2.82. The zero-order valence-corrected chi connectivity index (χ0v) is 9.43. The summed E-state index contributed by atoms with van der Waals surface area (Å²) in [4.78, 5) is -0.322. The molecule has 1 aromatic rings. The van der Waals surface area contributed by atoms with Crippen molar-refractivity contribution in [2.45, 2.75) is 11.3 Å². The van der Waals surface area contributed by atoms with Crippen molar-refractivity contribution in [1.29, 1.82) is 0 Å². The molecule has 0 saturated carbocycles. The molecule has 0 amide bonds. The van der Waals surface area contributed by atoms with Gasteiger partial charge in [-0.25, -0.2) is 0 Å². The molecule has 0 radical (unpaired) electrons. The van der Waals surface area contributed by atoms with Gasteiger partial charge in [-0.2, -0.15) is 8.42 Å². The van der Waals surface area contributed by atoms with Crippen LogP contribution in [0.4, 0.5) is 3.89 Å². The zero-order chi connectivity index (χ0) is 11.3. The van der Waals surface area contributed by atoms with Gasteiger partial charge in [0.15, 0.2) is 0 Å². The molecule has 0 heterocycles. The highest BCUT2D eigenvalue weighted by Crippen LogP contribution is 2.13. The summed E-state index contributed by atoms with van der Waals surface area (Å²) in [5.74, 6) is 0.535. The first-order valence-electron chi connectivity index (χ1n) is 4.31. The molecule has 1 rings (SSSR count). The summed E-state index contributed by atoms with van der Waals surface area (Å²) in [5, 5.41) is 0. The molecule has 0 N–H and O–H groups in total. The highest BCUT2D eigenvalue weighted by Gasteiger charge is 2.09. The van der Waals surface area contributed by atoms with Gasteiger partial charge in [0.05, 0.1) is 4.90 Å². The monoisotopic (exact) mass is 248 g/mol. The third kappa shape index (κ3) is 4.01. The van der Waals surface area contributed by atoms with Gasteiger partial charge >= 0.3 is 10.2 Å². The minimum absolute atomic E-state index is 0.322. The molecule has 0 aliphatic heterocycles. The highest BCUT2D eigenvalue weighted by molar-refractivity contribution is 7.86. The quantitative estimate of drug-likeness (QED) is 0.606. The maximum Gasteiger partial charge on any atom is 0.332 e. The molecule has 0 aliphatic rings. The first kappa shape index (κ1) is 12.2. The molecule has 0 saturated heterocycles. The molecule has 0 atom stereocenters. The van der Waals surface area contributed by atoms with Gasteiger partial charge in [0, 0.05) is 5.88 Å². The summed E-state index contributed by atoms with van der Waals surface area (Å²) in [5.41, 5.74) is 0.813. The van der Waals surface area contributed by atoms with Crippen LogP contribution in [-0.4, -0.2) is 14.3 Å². The SMILES string of the molecule is O=S(=O)(F)c1ccc(C=CCCCl)cc1. The van der Waals surface area contributed by atoms with E-state index in [0.29, 0.717) is 5.88 Å². The van der Waals surface area contributed by atoms with Crippen LogP contribution in [0.1, 0.15) is 12.0 Å². The number of hydrogen-bond donors (Lipinski definition) is 0. The molecule has 1 aromatic carbocycles. The number of rotatable bonds is 4. The molecule has 82 valence electrons. The van der Waals surface area contributed by atoms with Crippen LogP contribution in [0.5, 0.6) is 0 Å². The standard InChI is InChI=1S/C10H10ClFO2S/c11-8-2-1-3-9-4-6-10(7-5-9)15(12,13)14/h1,3-7H,2,8H2. The minimum atomic E-state index is -4.59. The Bertz CT molecular complexity index is 437. The van der Waals surface area contributed by atoms with Gasteiger partial charge in [-0.15, -0.1) is 15.5 Å². The van der Waals surface area contributed by atoms with Gasteiger partial charge < -0.3 is 0 Å². The summed E-state index contributed by atoms with van der Waals surface area (Å²) in [6.45, 7) is 0. The van der Waals surface area contributed by atoms with Gasteiger partial charge in [-0.1, -0.05) is 24.3 Å². The van der Waals surface area contributed by atoms with Crippen LogP contribution >= 0.6 is 11.6 Å². The zero-order valence-electron chi connectivity index (χ0n) is 7.86. The van der Waals surface area contributed by atoms with Crippen LogP contribution < -0.4 is 0 Å². The van der Waals surface area contributed by atoms with Crippen LogP contribution in [-0.2, 0) is 10.2 Å². The summed E-state index contributed by atoms with van der Waals surface area (Å²) >= 11 is 5.47. The average Bonchev–Trinajstić information content (AvgIpc) is 2.18. The Morgan fingerprint density at radius 1 is 1.27 bits per heavy atom.